The maximum Gasteiger partial charge on any atom is 0.267 e. The second-order valence-electron chi connectivity index (χ2n) is 5.66. The molecule has 0 unspecified atom stereocenters. The lowest BCUT2D eigenvalue weighted by Crippen LogP contribution is -2.23. The maximum absolute atomic E-state index is 12.4. The van der Waals surface area contributed by atoms with E-state index >= 15 is 0 Å². The summed E-state index contributed by atoms with van der Waals surface area (Å²) < 4.78 is 0. The van der Waals surface area contributed by atoms with Gasteiger partial charge < -0.3 is 10.2 Å². The second-order valence-corrected chi connectivity index (χ2v) is 5.66. The molecule has 0 aliphatic heterocycles. The van der Waals surface area contributed by atoms with Crippen LogP contribution in [0.2, 0.25) is 0 Å². The Balaban J connectivity index is 2.04. The van der Waals surface area contributed by atoms with E-state index < -0.39 is 0 Å². The Morgan fingerprint density at radius 2 is 2.00 bits per heavy atom. The summed E-state index contributed by atoms with van der Waals surface area (Å²) in [6.07, 6.45) is 5.98. The number of anilines is 1. The van der Waals surface area contributed by atoms with Gasteiger partial charge in [-0.3, -0.25) is 9.78 Å². The van der Waals surface area contributed by atoms with Crippen LogP contribution in [-0.4, -0.2) is 28.9 Å². The highest BCUT2D eigenvalue weighted by molar-refractivity contribution is 6.06. The Kier molecular flexibility index (Phi) is 6.73. The molecule has 0 spiro atoms. The van der Waals surface area contributed by atoms with Crippen LogP contribution in [0.15, 0.2) is 60.6 Å². The topological polar surface area (TPSA) is 69.0 Å². The number of aryl methyl sites for hydroxylation is 1. The molecule has 1 amide bonds. The first-order valence-corrected chi connectivity index (χ1v) is 8.26. The van der Waals surface area contributed by atoms with Crippen LogP contribution in [0, 0.1) is 18.3 Å². The van der Waals surface area contributed by atoms with E-state index in [1.807, 2.05) is 61.2 Å². The van der Waals surface area contributed by atoms with Gasteiger partial charge in [0.15, 0.2) is 0 Å². The average molecular weight is 334 g/mol. The van der Waals surface area contributed by atoms with Crippen molar-refractivity contribution in [1.82, 2.24) is 9.88 Å². The fourth-order valence-corrected chi connectivity index (χ4v) is 2.36. The van der Waals surface area contributed by atoms with Crippen molar-refractivity contribution in [3.63, 3.8) is 0 Å². The zero-order chi connectivity index (χ0) is 18.1. The third-order valence-electron chi connectivity index (χ3n) is 3.91. The molecule has 1 N–H and O–H groups in total. The summed E-state index contributed by atoms with van der Waals surface area (Å²) in [5, 5.41) is 12.2. The van der Waals surface area contributed by atoms with Crippen LogP contribution in [0.3, 0.4) is 0 Å². The number of aromatic nitrogens is 1. The highest BCUT2D eigenvalue weighted by Gasteiger charge is 2.12. The fourth-order valence-electron chi connectivity index (χ4n) is 2.36. The predicted octanol–water partition coefficient (Wildman–Crippen LogP) is 3.30. The van der Waals surface area contributed by atoms with Gasteiger partial charge in [0, 0.05) is 37.4 Å². The Labute approximate surface area is 148 Å². The third-order valence-corrected chi connectivity index (χ3v) is 3.91. The molecule has 0 bridgehead atoms. The molecule has 2 rings (SSSR count). The van der Waals surface area contributed by atoms with Crippen LogP contribution in [-0.2, 0) is 11.2 Å². The number of amides is 1. The molecule has 0 aliphatic carbocycles. The molecule has 25 heavy (non-hydrogen) atoms. The fraction of sp³-hybridized carbons (Fsp3) is 0.250. The summed E-state index contributed by atoms with van der Waals surface area (Å²) >= 11 is 0. The van der Waals surface area contributed by atoms with Gasteiger partial charge in [-0.05, 0) is 49.6 Å². The van der Waals surface area contributed by atoms with Gasteiger partial charge in [0.05, 0.1) is 0 Å². The van der Waals surface area contributed by atoms with Crippen molar-refractivity contribution >= 4 is 11.6 Å². The molecule has 2 aromatic rings. The van der Waals surface area contributed by atoms with Gasteiger partial charge in [-0.1, -0.05) is 18.2 Å². The molecule has 1 aromatic carbocycles. The summed E-state index contributed by atoms with van der Waals surface area (Å²) in [6, 6.07) is 13.4. The summed E-state index contributed by atoms with van der Waals surface area (Å²) in [5.41, 5.74) is 2.94. The zero-order valence-corrected chi connectivity index (χ0v) is 14.6. The predicted molar refractivity (Wildman–Crippen MR) is 98.7 cm³/mol. The smallest absolute Gasteiger partial charge is 0.267 e. The van der Waals surface area contributed by atoms with E-state index in [9.17, 15) is 10.1 Å². The van der Waals surface area contributed by atoms with Gasteiger partial charge in [0.25, 0.3) is 5.91 Å². The Morgan fingerprint density at radius 1 is 1.28 bits per heavy atom. The number of likely N-dealkylation sites (N-methyl/N-ethyl adjacent to an activating group) is 1. The van der Waals surface area contributed by atoms with Crippen molar-refractivity contribution in [2.24, 2.45) is 0 Å². The van der Waals surface area contributed by atoms with Gasteiger partial charge >= 0.3 is 0 Å². The summed E-state index contributed by atoms with van der Waals surface area (Å²) in [7, 11) is 0. The number of nitriles is 1. The van der Waals surface area contributed by atoms with Crippen LogP contribution in [0.4, 0.5) is 5.69 Å². The summed E-state index contributed by atoms with van der Waals surface area (Å²) in [5.74, 6) is -0.390. The Bertz CT molecular complexity index is 778. The summed E-state index contributed by atoms with van der Waals surface area (Å²) in [4.78, 5) is 18.4. The standard InChI is InChI=1S/C20H22N4O/c1-3-24(13-10-17-8-11-22-12-9-17)15-18(14-21)20(25)23-19-7-5-4-6-16(19)2/h4-9,11-12,15H,3,10,13H2,1-2H3,(H,23,25)/b18-15-. The van der Waals surface area contributed by atoms with Crippen molar-refractivity contribution in [2.75, 3.05) is 18.4 Å². The minimum Gasteiger partial charge on any atom is -0.376 e. The molecule has 128 valence electrons. The van der Waals surface area contributed by atoms with Crippen molar-refractivity contribution in [3.05, 3.63) is 71.7 Å². The number of hydrogen-bond donors (Lipinski definition) is 1. The van der Waals surface area contributed by atoms with E-state index in [4.69, 9.17) is 0 Å². The Hall–Kier alpha value is -3.13. The van der Waals surface area contributed by atoms with Crippen LogP contribution in [0.5, 0.6) is 0 Å². The van der Waals surface area contributed by atoms with E-state index in [0.29, 0.717) is 12.2 Å². The van der Waals surface area contributed by atoms with E-state index in [1.165, 1.54) is 5.56 Å². The van der Waals surface area contributed by atoms with Gasteiger partial charge in [0.1, 0.15) is 11.6 Å². The van der Waals surface area contributed by atoms with Crippen LogP contribution in [0.1, 0.15) is 18.1 Å². The molecular formula is C20H22N4O. The second kappa shape index (κ2) is 9.24. The number of para-hydroxylation sites is 1. The normalized spacial score (nSPS) is 10.8. The molecule has 1 aromatic heterocycles. The molecule has 0 saturated heterocycles. The first-order valence-electron chi connectivity index (χ1n) is 8.26. The van der Waals surface area contributed by atoms with E-state index in [1.54, 1.807) is 18.6 Å². The van der Waals surface area contributed by atoms with E-state index in [-0.39, 0.29) is 11.5 Å². The van der Waals surface area contributed by atoms with Crippen molar-refractivity contribution in [1.29, 1.82) is 5.26 Å². The third kappa shape index (κ3) is 5.47. The molecule has 0 atom stereocenters. The molecule has 5 heteroatoms. The minimum absolute atomic E-state index is 0.0971. The molecule has 0 saturated carbocycles. The molecule has 1 heterocycles. The lowest BCUT2D eigenvalue weighted by atomic mass is 10.2. The largest absolute Gasteiger partial charge is 0.376 e. The number of hydrogen-bond acceptors (Lipinski definition) is 4. The Morgan fingerprint density at radius 3 is 2.64 bits per heavy atom. The van der Waals surface area contributed by atoms with Crippen molar-refractivity contribution in [3.8, 4) is 6.07 Å². The molecule has 0 aliphatic rings. The average Bonchev–Trinajstić information content (AvgIpc) is 2.64. The molecular weight excluding hydrogens is 312 g/mol. The van der Waals surface area contributed by atoms with E-state index in [0.717, 1.165) is 18.5 Å². The molecule has 5 nitrogen and oxygen atoms in total. The number of carbonyl (C=O) groups is 1. The zero-order valence-electron chi connectivity index (χ0n) is 14.6. The first kappa shape index (κ1) is 18.2. The number of carbonyl (C=O) groups excluding carboxylic acids is 1. The number of nitrogens with zero attached hydrogens (tertiary/aromatic N) is 3. The van der Waals surface area contributed by atoms with Crippen LogP contribution >= 0.6 is 0 Å². The van der Waals surface area contributed by atoms with Crippen LogP contribution in [0.25, 0.3) is 0 Å². The molecule has 0 radical (unpaired) electrons. The SMILES string of the molecule is CCN(/C=C(/C#N)C(=O)Nc1ccccc1C)CCc1ccncc1. The molecule has 0 fully saturated rings. The van der Waals surface area contributed by atoms with Gasteiger partial charge in [0.2, 0.25) is 0 Å². The highest BCUT2D eigenvalue weighted by Crippen LogP contribution is 2.14. The van der Waals surface area contributed by atoms with Gasteiger partial charge in [-0.15, -0.1) is 0 Å². The quantitative estimate of drug-likeness (QED) is 0.623. The van der Waals surface area contributed by atoms with Gasteiger partial charge in [-0.25, -0.2) is 0 Å². The van der Waals surface area contributed by atoms with Crippen LogP contribution < -0.4 is 5.32 Å². The number of pyridine rings is 1. The summed E-state index contributed by atoms with van der Waals surface area (Å²) in [6.45, 7) is 5.35. The lowest BCUT2D eigenvalue weighted by Gasteiger charge is -2.19. The van der Waals surface area contributed by atoms with Crippen molar-refractivity contribution < 1.29 is 4.79 Å². The van der Waals surface area contributed by atoms with Crippen molar-refractivity contribution in [2.45, 2.75) is 20.3 Å². The maximum atomic E-state index is 12.4. The minimum atomic E-state index is -0.390. The number of benzene rings is 1. The first-order chi connectivity index (χ1) is 12.1. The lowest BCUT2D eigenvalue weighted by molar-refractivity contribution is -0.112. The van der Waals surface area contributed by atoms with E-state index in [2.05, 4.69) is 10.3 Å². The number of nitrogens with one attached hydrogen (secondary N) is 1. The monoisotopic (exact) mass is 334 g/mol. The van der Waals surface area contributed by atoms with Gasteiger partial charge in [-0.2, -0.15) is 5.26 Å². The highest BCUT2D eigenvalue weighted by atomic mass is 16.1. The number of rotatable bonds is 7.